The Morgan fingerprint density at radius 1 is 1.15 bits per heavy atom. The van der Waals surface area contributed by atoms with Crippen molar-refractivity contribution in [1.82, 2.24) is 20.9 Å². The number of hydrogen-bond acceptors (Lipinski definition) is 4. The highest BCUT2D eigenvalue weighted by molar-refractivity contribution is 14.0. The maximum atomic E-state index is 11.9. The van der Waals surface area contributed by atoms with E-state index >= 15 is 0 Å². The highest BCUT2D eigenvalue weighted by atomic mass is 127. The van der Waals surface area contributed by atoms with Crippen LogP contribution in [0.2, 0.25) is 0 Å². The van der Waals surface area contributed by atoms with Crippen molar-refractivity contribution in [3.05, 3.63) is 52.0 Å². The molecule has 0 radical (unpaired) electrons. The van der Waals surface area contributed by atoms with Crippen molar-refractivity contribution in [2.45, 2.75) is 26.3 Å². The molecule has 3 N–H and O–H groups in total. The van der Waals surface area contributed by atoms with E-state index in [1.807, 2.05) is 36.5 Å². The number of carbonyl (C=O) groups is 1. The second-order valence-corrected chi connectivity index (χ2v) is 6.87. The molecule has 0 atom stereocenters. The molecule has 1 heterocycles. The topological polar surface area (TPSA) is 78.4 Å². The molecule has 1 amide bonds. The van der Waals surface area contributed by atoms with Gasteiger partial charge in [0, 0.05) is 50.6 Å². The summed E-state index contributed by atoms with van der Waals surface area (Å²) in [7, 11) is 1.72. The summed E-state index contributed by atoms with van der Waals surface area (Å²) in [6.45, 7) is 3.90. The monoisotopic (exact) mass is 487 g/mol. The Kier molecular flexibility index (Phi) is 10.9. The third-order valence-electron chi connectivity index (χ3n) is 3.50. The van der Waals surface area contributed by atoms with E-state index in [0.717, 1.165) is 23.5 Å². The summed E-state index contributed by atoms with van der Waals surface area (Å²) in [5, 5.41) is 10.4. The number of rotatable bonds is 8. The molecule has 8 heteroatoms. The first-order valence-corrected chi connectivity index (χ1v) is 9.15. The first-order chi connectivity index (χ1) is 12.2. The number of benzene rings is 1. The van der Waals surface area contributed by atoms with Crippen LogP contribution < -0.4 is 16.0 Å². The predicted octanol–water partition coefficient (Wildman–Crippen LogP) is 2.48. The maximum Gasteiger partial charge on any atom is 0.222 e. The fourth-order valence-corrected chi connectivity index (χ4v) is 2.99. The third kappa shape index (κ3) is 8.61. The second-order valence-electron chi connectivity index (χ2n) is 5.55. The number of guanidine groups is 1. The minimum atomic E-state index is 0. The molecule has 0 aliphatic heterocycles. The van der Waals surface area contributed by atoms with Gasteiger partial charge in [-0.2, -0.15) is 0 Å². The van der Waals surface area contributed by atoms with Gasteiger partial charge in [-0.05, 0) is 12.5 Å². The molecule has 0 saturated carbocycles. The number of aliphatic imine (C=N–C) groups is 1. The fourth-order valence-electron chi connectivity index (χ4n) is 2.20. The molecule has 2 aromatic rings. The van der Waals surface area contributed by atoms with Crippen LogP contribution >= 0.6 is 35.3 Å². The van der Waals surface area contributed by atoms with E-state index in [4.69, 9.17) is 0 Å². The lowest BCUT2D eigenvalue weighted by atomic mass is 10.2. The molecule has 6 nitrogen and oxygen atoms in total. The molecule has 0 saturated heterocycles. The van der Waals surface area contributed by atoms with Crippen LogP contribution in [-0.4, -0.2) is 37.0 Å². The van der Waals surface area contributed by atoms with Crippen LogP contribution in [0.3, 0.4) is 0 Å². The van der Waals surface area contributed by atoms with Crippen LogP contribution in [0.4, 0.5) is 0 Å². The van der Waals surface area contributed by atoms with Gasteiger partial charge in [-0.25, -0.2) is 4.98 Å². The largest absolute Gasteiger partial charge is 0.356 e. The summed E-state index contributed by atoms with van der Waals surface area (Å²) >= 11 is 1.71. The Bertz CT molecular complexity index is 690. The predicted molar refractivity (Wildman–Crippen MR) is 118 cm³/mol. The Balaban J connectivity index is 0.00000338. The number of halogens is 1. The van der Waals surface area contributed by atoms with E-state index in [9.17, 15) is 4.79 Å². The van der Waals surface area contributed by atoms with Gasteiger partial charge < -0.3 is 16.0 Å². The van der Waals surface area contributed by atoms with E-state index in [-0.39, 0.29) is 29.9 Å². The zero-order valence-electron chi connectivity index (χ0n) is 15.1. The normalized spacial score (nSPS) is 10.8. The molecule has 142 valence electrons. The highest BCUT2D eigenvalue weighted by Gasteiger charge is 2.04. The number of aryl methyl sites for hydroxylation is 1. The molecule has 2 rings (SSSR count). The van der Waals surface area contributed by atoms with Crippen LogP contribution in [0.5, 0.6) is 0 Å². The third-order valence-corrected chi connectivity index (χ3v) is 4.47. The van der Waals surface area contributed by atoms with Gasteiger partial charge >= 0.3 is 0 Å². The Morgan fingerprint density at radius 2 is 1.88 bits per heavy atom. The van der Waals surface area contributed by atoms with E-state index in [0.29, 0.717) is 25.5 Å². The van der Waals surface area contributed by atoms with Crippen LogP contribution in [-0.2, 0) is 17.8 Å². The average molecular weight is 487 g/mol. The summed E-state index contributed by atoms with van der Waals surface area (Å²) < 4.78 is 0. The van der Waals surface area contributed by atoms with Crippen molar-refractivity contribution in [3.63, 3.8) is 0 Å². The van der Waals surface area contributed by atoms with Gasteiger partial charge in [0.1, 0.15) is 0 Å². The summed E-state index contributed by atoms with van der Waals surface area (Å²) in [5.74, 6) is 0.717. The Hall–Kier alpha value is -1.68. The average Bonchev–Trinajstić information content (AvgIpc) is 3.04. The first kappa shape index (κ1) is 22.4. The number of nitrogens with one attached hydrogen (secondary N) is 3. The molecular weight excluding hydrogens is 461 g/mol. The lowest BCUT2D eigenvalue weighted by Gasteiger charge is -2.11. The zero-order valence-corrected chi connectivity index (χ0v) is 18.3. The van der Waals surface area contributed by atoms with Crippen molar-refractivity contribution in [2.75, 3.05) is 20.1 Å². The lowest BCUT2D eigenvalue weighted by Crippen LogP contribution is -2.40. The van der Waals surface area contributed by atoms with Crippen LogP contribution in [0.1, 0.15) is 21.9 Å². The van der Waals surface area contributed by atoms with Gasteiger partial charge in [-0.1, -0.05) is 30.3 Å². The minimum absolute atomic E-state index is 0. The van der Waals surface area contributed by atoms with E-state index in [2.05, 4.69) is 32.9 Å². The van der Waals surface area contributed by atoms with E-state index < -0.39 is 0 Å². The number of amides is 1. The molecule has 26 heavy (non-hydrogen) atoms. The van der Waals surface area contributed by atoms with Crippen molar-refractivity contribution in [3.8, 4) is 0 Å². The van der Waals surface area contributed by atoms with E-state index in [1.165, 1.54) is 4.88 Å². The van der Waals surface area contributed by atoms with Crippen molar-refractivity contribution < 1.29 is 4.79 Å². The zero-order chi connectivity index (χ0) is 17.9. The molecule has 0 fully saturated rings. The number of hydrogen-bond donors (Lipinski definition) is 3. The van der Waals surface area contributed by atoms with Gasteiger partial charge in [-0.3, -0.25) is 9.79 Å². The number of thiazole rings is 1. The summed E-state index contributed by atoms with van der Waals surface area (Å²) in [4.78, 5) is 21.6. The van der Waals surface area contributed by atoms with Gasteiger partial charge in [-0.15, -0.1) is 35.3 Å². The summed E-state index contributed by atoms with van der Waals surface area (Å²) in [5.41, 5.74) is 1.10. The van der Waals surface area contributed by atoms with Crippen molar-refractivity contribution >= 4 is 47.2 Å². The van der Waals surface area contributed by atoms with Crippen LogP contribution in [0, 0.1) is 6.92 Å². The maximum absolute atomic E-state index is 11.9. The summed E-state index contributed by atoms with van der Waals surface area (Å²) in [6, 6.07) is 9.88. The molecule has 1 aromatic heterocycles. The van der Waals surface area contributed by atoms with Gasteiger partial charge in [0.25, 0.3) is 0 Å². The molecule has 0 unspecified atom stereocenters. The number of aromatic nitrogens is 1. The molecule has 0 aliphatic rings. The van der Waals surface area contributed by atoms with E-state index in [1.54, 1.807) is 18.4 Å². The molecule has 0 spiro atoms. The van der Waals surface area contributed by atoms with Crippen molar-refractivity contribution in [1.29, 1.82) is 0 Å². The minimum Gasteiger partial charge on any atom is -0.356 e. The van der Waals surface area contributed by atoms with Gasteiger partial charge in [0.2, 0.25) is 5.91 Å². The first-order valence-electron chi connectivity index (χ1n) is 8.34. The van der Waals surface area contributed by atoms with Crippen LogP contribution in [0.15, 0.2) is 41.5 Å². The molecule has 0 aliphatic carbocycles. The number of carbonyl (C=O) groups excluding carboxylic acids is 1. The lowest BCUT2D eigenvalue weighted by molar-refractivity contribution is -0.121. The standard InChI is InChI=1S/C18H25N5OS.HI/c1-14-12-23-17(25-14)9-11-21-18(19-2)20-10-8-16(24)22-13-15-6-4-3-5-7-15;/h3-7,12H,8-11,13H2,1-2H3,(H,22,24)(H2,19,20,21);1H. The summed E-state index contributed by atoms with van der Waals surface area (Å²) in [6.07, 6.45) is 3.15. The van der Waals surface area contributed by atoms with Crippen LogP contribution in [0.25, 0.3) is 0 Å². The fraction of sp³-hybridized carbons (Fsp3) is 0.389. The van der Waals surface area contributed by atoms with Crippen molar-refractivity contribution in [2.24, 2.45) is 4.99 Å². The second kappa shape index (κ2) is 12.6. The van der Waals surface area contributed by atoms with Gasteiger partial charge in [0.05, 0.1) is 5.01 Å². The Labute approximate surface area is 175 Å². The highest BCUT2D eigenvalue weighted by Crippen LogP contribution is 2.10. The molecule has 1 aromatic carbocycles. The smallest absolute Gasteiger partial charge is 0.222 e. The quantitative estimate of drug-likeness (QED) is 0.304. The SMILES string of the molecule is CN=C(NCCC(=O)NCc1ccccc1)NCCc1ncc(C)s1.I. The van der Waals surface area contributed by atoms with Gasteiger partial charge in [0.15, 0.2) is 5.96 Å². The number of nitrogens with zero attached hydrogens (tertiary/aromatic N) is 2. The molecule has 0 bridgehead atoms. The Morgan fingerprint density at radius 3 is 2.54 bits per heavy atom. The molecular formula is C18H26IN5OS.